The van der Waals surface area contributed by atoms with E-state index >= 15 is 0 Å². The zero-order valence-electron chi connectivity index (χ0n) is 7.73. The van der Waals surface area contributed by atoms with Crippen molar-refractivity contribution in [1.29, 1.82) is 0 Å². The summed E-state index contributed by atoms with van der Waals surface area (Å²) >= 11 is 0. The molecule has 1 aromatic heterocycles. The number of aliphatic hydroxyl groups is 1. The summed E-state index contributed by atoms with van der Waals surface area (Å²) in [7, 11) is 0. The minimum absolute atomic E-state index is 0.0299. The number of carbonyl (C=O) groups is 1. The summed E-state index contributed by atoms with van der Waals surface area (Å²) in [4.78, 5) is 14.8. The first-order valence-electron chi connectivity index (χ1n) is 4.62. The maximum atomic E-state index is 10.9. The van der Waals surface area contributed by atoms with E-state index in [2.05, 4.69) is 4.98 Å². The van der Waals surface area contributed by atoms with E-state index in [1.807, 2.05) is 0 Å². The molecule has 0 atom stereocenters. The van der Waals surface area contributed by atoms with E-state index in [4.69, 9.17) is 10.8 Å². The van der Waals surface area contributed by atoms with Crippen LogP contribution in [0.15, 0.2) is 12.3 Å². The van der Waals surface area contributed by atoms with Crippen LogP contribution in [0.3, 0.4) is 0 Å². The molecule has 0 radical (unpaired) electrons. The van der Waals surface area contributed by atoms with Crippen molar-refractivity contribution in [3.05, 3.63) is 29.1 Å². The molecule has 4 heteroatoms. The molecular weight excluding hydrogens is 180 g/mol. The fourth-order valence-electron chi connectivity index (χ4n) is 1.54. The third-order valence-electron chi connectivity index (χ3n) is 2.46. The Hall–Kier alpha value is -1.42. The second kappa shape index (κ2) is 3.38. The number of amides is 1. The van der Waals surface area contributed by atoms with Crippen molar-refractivity contribution in [2.75, 3.05) is 0 Å². The van der Waals surface area contributed by atoms with Gasteiger partial charge in [-0.1, -0.05) is 0 Å². The molecule has 0 aromatic carbocycles. The van der Waals surface area contributed by atoms with Gasteiger partial charge >= 0.3 is 0 Å². The third-order valence-corrected chi connectivity index (χ3v) is 2.46. The summed E-state index contributed by atoms with van der Waals surface area (Å²) < 4.78 is 0. The van der Waals surface area contributed by atoms with Gasteiger partial charge in [0.1, 0.15) is 5.69 Å². The van der Waals surface area contributed by atoms with Gasteiger partial charge in [0.25, 0.3) is 5.91 Å². The Morgan fingerprint density at radius 2 is 2.36 bits per heavy atom. The number of nitrogens with two attached hydrogens (primary N) is 1. The first kappa shape index (κ1) is 9.15. The van der Waals surface area contributed by atoms with Gasteiger partial charge in [-0.3, -0.25) is 9.78 Å². The molecule has 0 saturated heterocycles. The highest BCUT2D eigenvalue weighted by Crippen LogP contribution is 2.41. The average molecular weight is 192 g/mol. The number of primary amides is 1. The molecule has 1 saturated carbocycles. The zero-order valence-corrected chi connectivity index (χ0v) is 7.73. The van der Waals surface area contributed by atoms with Crippen molar-refractivity contribution >= 4 is 5.91 Å². The largest absolute Gasteiger partial charge is 0.392 e. The van der Waals surface area contributed by atoms with Crippen LogP contribution in [0.4, 0.5) is 0 Å². The lowest BCUT2D eigenvalue weighted by Crippen LogP contribution is -2.14. The molecule has 1 aliphatic carbocycles. The predicted molar refractivity (Wildman–Crippen MR) is 50.7 cm³/mol. The minimum atomic E-state index is -0.517. The van der Waals surface area contributed by atoms with Crippen LogP contribution in [0.1, 0.15) is 40.4 Å². The van der Waals surface area contributed by atoms with Crippen LogP contribution in [-0.2, 0) is 6.61 Å². The Morgan fingerprint density at radius 3 is 2.86 bits per heavy atom. The molecule has 2 rings (SSSR count). The highest BCUT2D eigenvalue weighted by molar-refractivity contribution is 5.91. The number of aliphatic hydroxyl groups excluding tert-OH is 1. The van der Waals surface area contributed by atoms with E-state index in [0.29, 0.717) is 5.92 Å². The second-order valence-corrected chi connectivity index (χ2v) is 3.56. The number of carbonyl (C=O) groups excluding carboxylic acids is 1. The number of hydrogen-bond acceptors (Lipinski definition) is 3. The number of rotatable bonds is 3. The average Bonchev–Trinajstić information content (AvgIpc) is 3.00. The van der Waals surface area contributed by atoms with E-state index in [1.54, 1.807) is 6.07 Å². The SMILES string of the molecule is NC(=O)c1cc(C2CC2)c(CO)cn1. The topological polar surface area (TPSA) is 76.2 Å². The molecular formula is C10H12N2O2. The van der Waals surface area contributed by atoms with Gasteiger partial charge in [-0.05, 0) is 36.0 Å². The summed E-state index contributed by atoms with van der Waals surface area (Å²) in [5.74, 6) is -0.0327. The summed E-state index contributed by atoms with van der Waals surface area (Å²) in [5, 5.41) is 9.07. The monoisotopic (exact) mass is 192 g/mol. The van der Waals surface area contributed by atoms with Gasteiger partial charge < -0.3 is 10.8 Å². The van der Waals surface area contributed by atoms with Crippen LogP contribution in [0.2, 0.25) is 0 Å². The van der Waals surface area contributed by atoms with Gasteiger partial charge in [0.05, 0.1) is 6.61 Å². The highest BCUT2D eigenvalue weighted by Gasteiger charge is 2.26. The van der Waals surface area contributed by atoms with Gasteiger partial charge in [-0.2, -0.15) is 0 Å². The lowest BCUT2D eigenvalue weighted by Gasteiger charge is -2.06. The van der Waals surface area contributed by atoms with Gasteiger partial charge in [-0.15, -0.1) is 0 Å². The molecule has 3 N–H and O–H groups in total. The Labute approximate surface area is 81.8 Å². The number of aromatic nitrogens is 1. The quantitative estimate of drug-likeness (QED) is 0.734. The van der Waals surface area contributed by atoms with Crippen LogP contribution in [0, 0.1) is 0 Å². The van der Waals surface area contributed by atoms with E-state index in [-0.39, 0.29) is 12.3 Å². The van der Waals surface area contributed by atoms with E-state index < -0.39 is 5.91 Å². The van der Waals surface area contributed by atoms with Gasteiger partial charge in [0, 0.05) is 6.20 Å². The molecule has 74 valence electrons. The lowest BCUT2D eigenvalue weighted by atomic mass is 10.1. The molecule has 1 amide bonds. The van der Waals surface area contributed by atoms with Gasteiger partial charge in [0.2, 0.25) is 0 Å². The summed E-state index contributed by atoms with van der Waals surface area (Å²) in [6.07, 6.45) is 3.78. The van der Waals surface area contributed by atoms with Crippen molar-refractivity contribution in [3.63, 3.8) is 0 Å². The maximum Gasteiger partial charge on any atom is 0.267 e. The van der Waals surface area contributed by atoms with Crippen LogP contribution in [0.5, 0.6) is 0 Å². The van der Waals surface area contributed by atoms with Crippen LogP contribution >= 0.6 is 0 Å². The van der Waals surface area contributed by atoms with Crippen molar-refractivity contribution in [2.45, 2.75) is 25.4 Å². The van der Waals surface area contributed by atoms with Crippen molar-refractivity contribution in [3.8, 4) is 0 Å². The standard InChI is InChI=1S/C10H12N2O2/c11-10(14)9-3-8(6-1-2-6)7(5-13)4-12-9/h3-4,6,13H,1-2,5H2,(H2,11,14). The molecule has 14 heavy (non-hydrogen) atoms. The molecule has 0 bridgehead atoms. The van der Waals surface area contributed by atoms with E-state index in [0.717, 1.165) is 24.0 Å². The Kier molecular flexibility index (Phi) is 2.21. The van der Waals surface area contributed by atoms with Crippen molar-refractivity contribution < 1.29 is 9.90 Å². The smallest absolute Gasteiger partial charge is 0.267 e. The van der Waals surface area contributed by atoms with Crippen LogP contribution in [0.25, 0.3) is 0 Å². The van der Waals surface area contributed by atoms with Crippen LogP contribution < -0.4 is 5.73 Å². The normalized spacial score (nSPS) is 15.5. The second-order valence-electron chi connectivity index (χ2n) is 3.56. The summed E-state index contributed by atoms with van der Waals surface area (Å²) in [5.41, 5.74) is 7.24. The molecule has 1 aromatic rings. The lowest BCUT2D eigenvalue weighted by molar-refractivity contribution is 0.0995. The molecule has 1 fully saturated rings. The Balaban J connectivity index is 2.41. The molecule has 1 aliphatic rings. The van der Waals surface area contributed by atoms with Crippen LogP contribution in [-0.4, -0.2) is 16.0 Å². The molecule has 4 nitrogen and oxygen atoms in total. The molecule has 0 unspecified atom stereocenters. The van der Waals surface area contributed by atoms with Crippen molar-refractivity contribution in [2.24, 2.45) is 5.73 Å². The van der Waals surface area contributed by atoms with Crippen molar-refractivity contribution in [1.82, 2.24) is 4.98 Å². The Bertz CT molecular complexity index is 372. The Morgan fingerprint density at radius 1 is 1.64 bits per heavy atom. The molecule has 0 aliphatic heterocycles. The first-order valence-corrected chi connectivity index (χ1v) is 4.62. The van der Waals surface area contributed by atoms with E-state index in [9.17, 15) is 4.79 Å². The number of hydrogen-bond donors (Lipinski definition) is 2. The maximum absolute atomic E-state index is 10.9. The number of pyridine rings is 1. The minimum Gasteiger partial charge on any atom is -0.392 e. The fraction of sp³-hybridized carbons (Fsp3) is 0.400. The summed E-state index contributed by atoms with van der Waals surface area (Å²) in [6, 6.07) is 1.70. The first-order chi connectivity index (χ1) is 6.72. The predicted octanol–water partition coefficient (Wildman–Crippen LogP) is 0.550. The third kappa shape index (κ3) is 1.61. The number of nitrogens with zero attached hydrogens (tertiary/aromatic N) is 1. The van der Waals surface area contributed by atoms with E-state index in [1.165, 1.54) is 6.20 Å². The fourth-order valence-corrected chi connectivity index (χ4v) is 1.54. The zero-order chi connectivity index (χ0) is 10.1. The van der Waals surface area contributed by atoms with Gasteiger partial charge in [-0.25, -0.2) is 0 Å². The molecule has 1 heterocycles. The molecule has 0 spiro atoms. The summed E-state index contributed by atoms with van der Waals surface area (Å²) in [6.45, 7) is -0.0299. The van der Waals surface area contributed by atoms with Gasteiger partial charge in [0.15, 0.2) is 0 Å². The highest BCUT2D eigenvalue weighted by atomic mass is 16.3.